The highest BCUT2D eigenvalue weighted by Crippen LogP contribution is 2.28. The molecule has 31 heavy (non-hydrogen) atoms. The largest absolute Gasteiger partial charge is 0.483 e. The summed E-state index contributed by atoms with van der Waals surface area (Å²) in [6, 6.07) is 12.2. The highest BCUT2D eigenvalue weighted by Gasteiger charge is 2.15. The van der Waals surface area contributed by atoms with Crippen molar-refractivity contribution in [2.45, 2.75) is 44.4 Å². The molecule has 0 aliphatic heterocycles. The number of aryl methyl sites for hydroxylation is 1. The fourth-order valence-electron chi connectivity index (χ4n) is 3.15. The minimum absolute atomic E-state index is 0.00894. The van der Waals surface area contributed by atoms with Crippen LogP contribution in [-0.2, 0) is 18.4 Å². The Morgan fingerprint density at radius 2 is 2.00 bits per heavy atom. The maximum Gasteiger partial charge on any atom is 0.258 e. The number of benzene rings is 2. The van der Waals surface area contributed by atoms with Crippen LogP contribution in [0.15, 0.2) is 41.6 Å². The number of tetrazole rings is 1. The molecule has 0 aliphatic rings. The Labute approximate surface area is 187 Å². The minimum Gasteiger partial charge on any atom is -0.483 e. The molecular formula is C22H30N6O2S. The molecule has 0 saturated heterocycles. The van der Waals surface area contributed by atoms with Crippen LogP contribution < -0.4 is 15.4 Å². The molecule has 1 amide bonds. The van der Waals surface area contributed by atoms with Crippen LogP contribution in [0, 0.1) is 0 Å². The van der Waals surface area contributed by atoms with Gasteiger partial charge < -0.3 is 15.4 Å². The second-order valence-corrected chi connectivity index (χ2v) is 9.38. The summed E-state index contributed by atoms with van der Waals surface area (Å²) in [5, 5.41) is 21.0. The predicted molar refractivity (Wildman–Crippen MR) is 123 cm³/mol. The van der Waals surface area contributed by atoms with Crippen molar-refractivity contribution in [2.24, 2.45) is 7.05 Å². The van der Waals surface area contributed by atoms with Crippen molar-refractivity contribution in [3.63, 3.8) is 0 Å². The van der Waals surface area contributed by atoms with Gasteiger partial charge in [-0.3, -0.25) is 4.79 Å². The normalized spacial score (nSPS) is 11.6. The van der Waals surface area contributed by atoms with E-state index in [4.69, 9.17) is 4.74 Å². The van der Waals surface area contributed by atoms with E-state index in [1.54, 1.807) is 16.4 Å². The van der Waals surface area contributed by atoms with Crippen molar-refractivity contribution in [3.8, 4) is 5.75 Å². The van der Waals surface area contributed by atoms with Gasteiger partial charge in [-0.2, -0.15) is 0 Å². The molecule has 0 aliphatic carbocycles. The number of amides is 1. The zero-order chi connectivity index (χ0) is 22.3. The zero-order valence-electron chi connectivity index (χ0n) is 18.5. The Morgan fingerprint density at radius 1 is 1.19 bits per heavy atom. The van der Waals surface area contributed by atoms with Gasteiger partial charge in [-0.05, 0) is 61.0 Å². The van der Waals surface area contributed by atoms with Crippen molar-refractivity contribution < 1.29 is 9.53 Å². The molecule has 0 fully saturated rings. The smallest absolute Gasteiger partial charge is 0.258 e. The lowest BCUT2D eigenvalue weighted by molar-refractivity contribution is -0.124. The Bertz CT molecular complexity index is 1010. The van der Waals surface area contributed by atoms with Crippen LogP contribution in [0.25, 0.3) is 10.8 Å². The lowest BCUT2D eigenvalue weighted by Crippen LogP contribution is -2.43. The lowest BCUT2D eigenvalue weighted by atomic mass is 10.0. The molecule has 2 aromatic carbocycles. The number of ether oxygens (including phenoxy) is 1. The first-order valence-corrected chi connectivity index (χ1v) is 11.3. The summed E-state index contributed by atoms with van der Waals surface area (Å²) in [5.74, 6) is 1.53. The van der Waals surface area contributed by atoms with E-state index >= 15 is 0 Å². The average Bonchev–Trinajstić information content (AvgIpc) is 3.13. The highest BCUT2D eigenvalue weighted by molar-refractivity contribution is 7.99. The number of hydrogen-bond donors (Lipinski definition) is 2. The quantitative estimate of drug-likeness (QED) is 0.368. The van der Waals surface area contributed by atoms with Gasteiger partial charge in [-0.15, -0.1) is 5.10 Å². The van der Waals surface area contributed by atoms with Crippen LogP contribution in [0.2, 0.25) is 0 Å². The zero-order valence-corrected chi connectivity index (χ0v) is 19.3. The summed E-state index contributed by atoms with van der Waals surface area (Å²) in [4.78, 5) is 12.2. The lowest BCUT2D eigenvalue weighted by Gasteiger charge is -2.21. The number of thioether (sulfide) groups is 1. The number of nitrogens with one attached hydrogen (secondary N) is 2. The van der Waals surface area contributed by atoms with Gasteiger partial charge in [0.25, 0.3) is 5.91 Å². The monoisotopic (exact) mass is 442 g/mol. The molecule has 9 heteroatoms. The number of carbonyl (C=O) groups is 1. The summed E-state index contributed by atoms with van der Waals surface area (Å²) in [6.07, 6.45) is 0.979. The van der Waals surface area contributed by atoms with Crippen LogP contribution in [0.1, 0.15) is 32.8 Å². The van der Waals surface area contributed by atoms with E-state index < -0.39 is 0 Å². The Balaban J connectivity index is 1.58. The van der Waals surface area contributed by atoms with Gasteiger partial charge in [0.1, 0.15) is 5.75 Å². The molecule has 0 atom stereocenters. The summed E-state index contributed by atoms with van der Waals surface area (Å²) < 4.78 is 7.59. The molecule has 2 N–H and O–H groups in total. The van der Waals surface area contributed by atoms with Crippen molar-refractivity contribution in [1.82, 2.24) is 30.8 Å². The molecule has 8 nitrogen and oxygen atoms in total. The van der Waals surface area contributed by atoms with Crippen LogP contribution in [0.5, 0.6) is 5.75 Å². The number of aromatic nitrogens is 4. The van der Waals surface area contributed by atoms with E-state index in [1.165, 1.54) is 0 Å². The second-order valence-electron chi connectivity index (χ2n) is 8.31. The maximum atomic E-state index is 12.2. The van der Waals surface area contributed by atoms with E-state index in [9.17, 15) is 4.79 Å². The highest BCUT2D eigenvalue weighted by atomic mass is 32.2. The van der Waals surface area contributed by atoms with Crippen LogP contribution in [0.4, 0.5) is 0 Å². The van der Waals surface area contributed by atoms with Crippen LogP contribution in [-0.4, -0.2) is 50.6 Å². The van der Waals surface area contributed by atoms with E-state index in [-0.39, 0.29) is 18.1 Å². The summed E-state index contributed by atoms with van der Waals surface area (Å²) in [7, 11) is 1.84. The summed E-state index contributed by atoms with van der Waals surface area (Å²) >= 11 is 1.64. The fourth-order valence-corrected chi connectivity index (χ4v) is 3.94. The molecule has 0 bridgehead atoms. The molecule has 3 rings (SSSR count). The van der Waals surface area contributed by atoms with Gasteiger partial charge in [-0.1, -0.05) is 42.1 Å². The van der Waals surface area contributed by atoms with Crippen molar-refractivity contribution in [3.05, 3.63) is 42.0 Å². The third-order valence-corrected chi connectivity index (χ3v) is 5.58. The number of nitrogens with zero attached hydrogens (tertiary/aromatic N) is 4. The number of hydrogen-bond acceptors (Lipinski definition) is 7. The molecule has 3 aromatic rings. The van der Waals surface area contributed by atoms with E-state index in [1.807, 2.05) is 52.1 Å². The molecule has 0 saturated carbocycles. The number of carbonyl (C=O) groups excluding carboxylic acids is 1. The third kappa shape index (κ3) is 6.93. The van der Waals surface area contributed by atoms with Crippen molar-refractivity contribution in [2.75, 3.05) is 18.9 Å². The van der Waals surface area contributed by atoms with Gasteiger partial charge >= 0.3 is 0 Å². The number of rotatable bonds is 10. The first kappa shape index (κ1) is 23.0. The first-order chi connectivity index (χ1) is 14.8. The predicted octanol–water partition coefficient (Wildman–Crippen LogP) is 2.93. The number of fused-ring (bicyclic) bond motifs is 1. The SMILES string of the molecule is Cn1nnnc1SCCCNCc1c(OCC(=O)NC(C)(C)C)ccc2ccccc12. The van der Waals surface area contributed by atoms with Crippen molar-refractivity contribution in [1.29, 1.82) is 0 Å². The summed E-state index contributed by atoms with van der Waals surface area (Å²) in [6.45, 7) is 7.37. The Kier molecular flexibility index (Phi) is 7.86. The van der Waals surface area contributed by atoms with Gasteiger partial charge in [-0.25, -0.2) is 4.68 Å². The molecular weight excluding hydrogens is 412 g/mol. The van der Waals surface area contributed by atoms with E-state index in [0.29, 0.717) is 6.54 Å². The van der Waals surface area contributed by atoms with E-state index in [2.05, 4.69) is 38.3 Å². The molecule has 1 heterocycles. The molecule has 1 aromatic heterocycles. The van der Waals surface area contributed by atoms with Crippen LogP contribution in [0.3, 0.4) is 0 Å². The first-order valence-electron chi connectivity index (χ1n) is 10.3. The van der Waals surface area contributed by atoms with Gasteiger partial charge in [0.2, 0.25) is 5.16 Å². The van der Waals surface area contributed by atoms with E-state index in [0.717, 1.165) is 46.0 Å². The maximum absolute atomic E-state index is 12.2. The molecule has 0 spiro atoms. The third-order valence-electron chi connectivity index (χ3n) is 4.48. The molecule has 0 radical (unpaired) electrons. The Hall–Kier alpha value is -2.65. The average molecular weight is 443 g/mol. The van der Waals surface area contributed by atoms with Gasteiger partial charge in [0.15, 0.2) is 6.61 Å². The molecule has 0 unspecified atom stereocenters. The topological polar surface area (TPSA) is 94.0 Å². The standard InChI is InChI=1S/C22H30N6O2S/c1-22(2,3)24-20(29)15-30-19-11-10-16-8-5-6-9-17(16)18(19)14-23-12-7-13-31-21-25-26-27-28(21)4/h5-6,8-11,23H,7,12-15H2,1-4H3,(H,24,29). The van der Waals surface area contributed by atoms with Gasteiger partial charge in [0, 0.05) is 30.4 Å². The summed E-state index contributed by atoms with van der Waals surface area (Å²) in [5.41, 5.74) is 0.777. The Morgan fingerprint density at radius 3 is 2.74 bits per heavy atom. The molecule has 166 valence electrons. The van der Waals surface area contributed by atoms with Crippen LogP contribution >= 0.6 is 11.8 Å². The minimum atomic E-state index is -0.284. The fraction of sp³-hybridized carbons (Fsp3) is 0.455. The van der Waals surface area contributed by atoms with Crippen molar-refractivity contribution >= 4 is 28.4 Å². The van der Waals surface area contributed by atoms with Gasteiger partial charge in [0.05, 0.1) is 0 Å². The second kappa shape index (κ2) is 10.6.